The first-order chi connectivity index (χ1) is 9.88. The van der Waals surface area contributed by atoms with E-state index in [9.17, 15) is 25.2 Å². The van der Waals surface area contributed by atoms with Gasteiger partial charge in [0.05, 0.1) is 12.0 Å². The maximum absolute atomic E-state index is 13.0. The molecule has 21 heavy (non-hydrogen) atoms. The van der Waals surface area contributed by atoms with E-state index in [1.54, 1.807) is 19.1 Å². The van der Waals surface area contributed by atoms with Gasteiger partial charge in [-0.25, -0.2) is 0 Å². The molecule has 2 bridgehead atoms. The molecule has 3 aliphatic rings. The number of allylic oxidation sites excluding steroid dienone is 1. The number of aliphatic hydroxyl groups excluding tert-OH is 3. The van der Waals surface area contributed by atoms with Crippen molar-refractivity contribution >= 4 is 5.78 Å². The molecule has 0 aromatic heterocycles. The third-order valence-corrected chi connectivity index (χ3v) is 5.52. The number of rotatable bonds is 1. The fourth-order valence-corrected chi connectivity index (χ4v) is 4.39. The molecule has 0 aromatic carbocycles. The number of ketones is 1. The van der Waals surface area contributed by atoms with Crippen LogP contribution in [-0.4, -0.2) is 50.6 Å². The molecule has 0 aromatic rings. The number of hydrogen-bond donors (Lipinski definition) is 4. The maximum Gasteiger partial charge on any atom is 0.152 e. The van der Waals surface area contributed by atoms with E-state index < -0.39 is 35.7 Å². The molecule has 0 radical (unpaired) electrons. The van der Waals surface area contributed by atoms with E-state index in [0.29, 0.717) is 18.4 Å². The van der Waals surface area contributed by atoms with E-state index in [-0.39, 0.29) is 11.4 Å². The molecule has 0 aliphatic heterocycles. The lowest BCUT2D eigenvalue weighted by Gasteiger charge is -2.44. The van der Waals surface area contributed by atoms with E-state index in [4.69, 9.17) is 0 Å². The maximum atomic E-state index is 13.0. The normalized spacial score (nSPS) is 46.3. The molecule has 5 nitrogen and oxygen atoms in total. The second-order valence-corrected chi connectivity index (χ2v) is 6.61. The molecule has 3 rings (SSSR count). The zero-order valence-corrected chi connectivity index (χ0v) is 12.1. The smallest absolute Gasteiger partial charge is 0.152 e. The topological polar surface area (TPSA) is 98.0 Å². The van der Waals surface area contributed by atoms with Gasteiger partial charge < -0.3 is 20.4 Å². The molecular formula is C16H22O5. The summed E-state index contributed by atoms with van der Waals surface area (Å²) < 4.78 is 0. The Balaban J connectivity index is 2.26. The molecule has 4 N–H and O–H groups in total. The summed E-state index contributed by atoms with van der Waals surface area (Å²) >= 11 is 0. The van der Waals surface area contributed by atoms with Crippen LogP contribution in [0, 0.1) is 11.3 Å². The average molecular weight is 294 g/mol. The molecule has 5 atom stereocenters. The highest BCUT2D eigenvalue weighted by Crippen LogP contribution is 2.56. The van der Waals surface area contributed by atoms with Crippen LogP contribution in [0.5, 0.6) is 0 Å². The Morgan fingerprint density at radius 3 is 2.67 bits per heavy atom. The highest BCUT2D eigenvalue weighted by Gasteiger charge is 2.67. The standard InChI is InChI=1S/C16H22O5/c1-9-7-15-5-3-2-4-10(13(15)19)6-11(8-17)14(20)16(15,21)12(9)18/h6-7,10,12,14,17-18,20-21H,2-5,8H2,1H3/t10-,12-,14+,15?,16+/m0/s1. The molecule has 0 amide bonds. The molecule has 0 saturated heterocycles. The Hall–Kier alpha value is -1.01. The van der Waals surface area contributed by atoms with Gasteiger partial charge in [-0.3, -0.25) is 4.79 Å². The van der Waals surface area contributed by atoms with Gasteiger partial charge in [0.15, 0.2) is 5.78 Å². The number of carbonyl (C=O) groups is 1. The predicted molar refractivity (Wildman–Crippen MR) is 75.3 cm³/mol. The summed E-state index contributed by atoms with van der Waals surface area (Å²) in [5.74, 6) is -0.575. The Bertz CT molecular complexity index is 537. The summed E-state index contributed by atoms with van der Waals surface area (Å²) in [5, 5.41) is 41.7. The van der Waals surface area contributed by atoms with Crippen LogP contribution in [0.15, 0.2) is 23.3 Å². The van der Waals surface area contributed by atoms with Crippen molar-refractivity contribution in [3.8, 4) is 0 Å². The van der Waals surface area contributed by atoms with Gasteiger partial charge in [-0.2, -0.15) is 0 Å². The molecule has 3 aliphatic carbocycles. The van der Waals surface area contributed by atoms with E-state index >= 15 is 0 Å². The van der Waals surface area contributed by atoms with Gasteiger partial charge in [0, 0.05) is 5.92 Å². The Labute approximate surface area is 123 Å². The van der Waals surface area contributed by atoms with Gasteiger partial charge >= 0.3 is 0 Å². The molecule has 116 valence electrons. The summed E-state index contributed by atoms with van der Waals surface area (Å²) in [7, 11) is 0. The third-order valence-electron chi connectivity index (χ3n) is 5.52. The van der Waals surface area contributed by atoms with Crippen LogP contribution >= 0.6 is 0 Å². The van der Waals surface area contributed by atoms with Crippen molar-refractivity contribution in [2.45, 2.75) is 50.4 Å². The molecule has 5 heteroatoms. The summed E-state index contributed by atoms with van der Waals surface area (Å²) in [5.41, 5.74) is -2.52. The minimum Gasteiger partial charge on any atom is -0.392 e. The quantitative estimate of drug-likeness (QED) is 0.513. The molecule has 1 spiro atoms. The zero-order chi connectivity index (χ0) is 15.4. The lowest BCUT2D eigenvalue weighted by Crippen LogP contribution is -2.62. The summed E-state index contributed by atoms with van der Waals surface area (Å²) in [4.78, 5) is 13.0. The van der Waals surface area contributed by atoms with Crippen LogP contribution in [-0.2, 0) is 4.79 Å². The first kappa shape index (κ1) is 14.9. The van der Waals surface area contributed by atoms with Crippen molar-refractivity contribution in [1.29, 1.82) is 0 Å². The molecule has 1 unspecified atom stereocenters. The van der Waals surface area contributed by atoms with Gasteiger partial charge in [0.2, 0.25) is 0 Å². The molecule has 1 fully saturated rings. The van der Waals surface area contributed by atoms with Gasteiger partial charge in [0.25, 0.3) is 0 Å². The van der Waals surface area contributed by atoms with E-state index in [1.807, 2.05) is 0 Å². The second kappa shape index (κ2) is 4.74. The van der Waals surface area contributed by atoms with E-state index in [1.165, 1.54) is 0 Å². The van der Waals surface area contributed by atoms with Crippen molar-refractivity contribution in [2.75, 3.05) is 6.61 Å². The third kappa shape index (κ3) is 1.69. The van der Waals surface area contributed by atoms with Gasteiger partial charge in [-0.05, 0) is 30.9 Å². The fourth-order valence-electron chi connectivity index (χ4n) is 4.39. The van der Waals surface area contributed by atoms with Crippen LogP contribution in [0.2, 0.25) is 0 Å². The lowest BCUT2D eigenvalue weighted by molar-refractivity contribution is -0.180. The number of carbonyl (C=O) groups excluding carboxylic acids is 1. The minimum absolute atomic E-state index is 0.152. The van der Waals surface area contributed by atoms with Gasteiger partial charge in [-0.15, -0.1) is 0 Å². The Kier molecular flexibility index (Phi) is 3.37. The van der Waals surface area contributed by atoms with E-state index in [0.717, 1.165) is 12.8 Å². The van der Waals surface area contributed by atoms with Crippen LogP contribution in [0.3, 0.4) is 0 Å². The van der Waals surface area contributed by atoms with Crippen molar-refractivity contribution in [1.82, 2.24) is 0 Å². The van der Waals surface area contributed by atoms with Crippen molar-refractivity contribution < 1.29 is 25.2 Å². The second-order valence-electron chi connectivity index (χ2n) is 6.61. The van der Waals surface area contributed by atoms with Gasteiger partial charge in [-0.1, -0.05) is 25.0 Å². The Morgan fingerprint density at radius 2 is 2.00 bits per heavy atom. The average Bonchev–Trinajstić information content (AvgIpc) is 2.57. The van der Waals surface area contributed by atoms with Crippen LogP contribution in [0.1, 0.15) is 32.6 Å². The number of fused-ring (bicyclic) bond motifs is 1. The molecular weight excluding hydrogens is 272 g/mol. The van der Waals surface area contributed by atoms with Crippen molar-refractivity contribution in [2.24, 2.45) is 11.3 Å². The summed E-state index contributed by atoms with van der Waals surface area (Å²) in [6.07, 6.45) is 3.16. The highest BCUT2D eigenvalue weighted by atomic mass is 16.4. The Morgan fingerprint density at radius 1 is 1.29 bits per heavy atom. The van der Waals surface area contributed by atoms with Crippen LogP contribution in [0.4, 0.5) is 0 Å². The summed E-state index contributed by atoms with van der Waals surface area (Å²) in [6.45, 7) is 1.23. The zero-order valence-electron chi connectivity index (χ0n) is 12.1. The van der Waals surface area contributed by atoms with Gasteiger partial charge in [0.1, 0.15) is 17.8 Å². The first-order valence-electron chi connectivity index (χ1n) is 7.52. The van der Waals surface area contributed by atoms with Crippen LogP contribution in [0.25, 0.3) is 0 Å². The number of hydrogen-bond acceptors (Lipinski definition) is 5. The van der Waals surface area contributed by atoms with Crippen molar-refractivity contribution in [3.05, 3.63) is 23.3 Å². The largest absolute Gasteiger partial charge is 0.392 e. The molecule has 0 heterocycles. The monoisotopic (exact) mass is 294 g/mol. The predicted octanol–water partition coefficient (Wildman–Crippen LogP) is 0.0772. The number of Topliss-reactive ketones (excluding diaryl/α,β-unsaturated/α-hetero) is 1. The van der Waals surface area contributed by atoms with Crippen LogP contribution < -0.4 is 0 Å². The highest BCUT2D eigenvalue weighted by molar-refractivity contribution is 5.94. The molecule has 1 saturated carbocycles. The number of aliphatic hydroxyl groups is 4. The SMILES string of the molecule is CC1=CC23CCCC[C@@H](C=C(CO)[C@@H](O)[C@]2(O)[C@H]1O)C3=O. The summed E-state index contributed by atoms with van der Waals surface area (Å²) in [6, 6.07) is 0. The lowest BCUT2D eigenvalue weighted by atomic mass is 9.64. The first-order valence-corrected chi connectivity index (χ1v) is 7.52. The fraction of sp³-hybridized carbons (Fsp3) is 0.688. The van der Waals surface area contributed by atoms with E-state index in [2.05, 4.69) is 0 Å². The minimum atomic E-state index is -1.98. The van der Waals surface area contributed by atoms with Crippen molar-refractivity contribution in [3.63, 3.8) is 0 Å².